The summed E-state index contributed by atoms with van der Waals surface area (Å²) in [5, 5.41) is 33.1. The number of aromatic nitrogens is 1. The topological polar surface area (TPSA) is 143 Å². The first kappa shape index (κ1) is 34.6. The molecule has 47 heavy (non-hydrogen) atoms. The largest absolute Gasteiger partial charge is 0.516 e. The van der Waals surface area contributed by atoms with Crippen molar-refractivity contribution in [3.63, 3.8) is 0 Å². The third-order valence-electron chi connectivity index (χ3n) is 8.90. The molecule has 0 radical (unpaired) electrons. The molecular formula is C36H46N3O7P. The van der Waals surface area contributed by atoms with Crippen LogP contribution in [0, 0.1) is 11.3 Å². The predicted octanol–water partition coefficient (Wildman–Crippen LogP) is 5.40. The number of ether oxygens (including phenoxy) is 3. The molecule has 5 rings (SSSR count). The second-order valence-electron chi connectivity index (χ2n) is 13.2. The van der Waals surface area contributed by atoms with Crippen LogP contribution in [0.3, 0.4) is 0 Å². The number of carbonyl (C=O) groups is 2. The fourth-order valence-electron chi connectivity index (χ4n) is 6.26. The molecule has 1 aromatic heterocycles. The van der Waals surface area contributed by atoms with E-state index in [4.69, 9.17) is 19.6 Å². The van der Waals surface area contributed by atoms with E-state index in [1.165, 1.54) is 0 Å². The lowest BCUT2D eigenvalue weighted by Gasteiger charge is -2.23. The third kappa shape index (κ3) is 8.43. The monoisotopic (exact) mass is 663 g/mol. The van der Waals surface area contributed by atoms with Crippen molar-refractivity contribution in [2.75, 3.05) is 38.0 Å². The molecule has 3 aromatic rings. The van der Waals surface area contributed by atoms with Crippen LogP contribution in [0.5, 0.6) is 0 Å². The number of fused-ring (bicyclic) bond motifs is 3. The minimum Gasteiger partial charge on any atom is -0.433 e. The van der Waals surface area contributed by atoms with Crippen LogP contribution in [-0.4, -0.2) is 84.2 Å². The number of nitrogens with one attached hydrogen (secondary N) is 2. The van der Waals surface area contributed by atoms with Gasteiger partial charge in [0, 0.05) is 24.7 Å². The Bertz CT molecular complexity index is 1640. The molecule has 2 aromatic carbocycles. The Morgan fingerprint density at radius 2 is 1.70 bits per heavy atom. The first-order chi connectivity index (χ1) is 22.4. The molecule has 1 fully saturated rings. The van der Waals surface area contributed by atoms with Gasteiger partial charge in [-0.1, -0.05) is 61.9 Å². The summed E-state index contributed by atoms with van der Waals surface area (Å²) in [7, 11) is 0. The Morgan fingerprint density at radius 1 is 1.04 bits per heavy atom. The first-order valence-electron chi connectivity index (χ1n) is 16.2. The van der Waals surface area contributed by atoms with Gasteiger partial charge >= 0.3 is 12.1 Å². The molecule has 0 amide bonds. The third-order valence-corrected chi connectivity index (χ3v) is 10.4. The lowest BCUT2D eigenvalue weighted by molar-refractivity contribution is -0.144. The number of aliphatic hydroxyl groups is 2. The van der Waals surface area contributed by atoms with Crippen molar-refractivity contribution in [2.45, 2.75) is 63.1 Å². The highest BCUT2D eigenvalue weighted by atomic mass is 31.2. The molecule has 10 nitrogen and oxygen atoms in total. The molecule has 0 spiro atoms. The number of hydrogen-bond donors (Lipinski definition) is 4. The average Bonchev–Trinajstić information content (AvgIpc) is 3.51. The van der Waals surface area contributed by atoms with Crippen molar-refractivity contribution in [3.8, 4) is 11.1 Å². The molecule has 0 bridgehead atoms. The predicted molar refractivity (Wildman–Crippen MR) is 184 cm³/mol. The molecule has 252 valence electrons. The molecule has 5 atom stereocenters. The summed E-state index contributed by atoms with van der Waals surface area (Å²) in [5.41, 5.74) is 4.40. The highest BCUT2D eigenvalue weighted by Crippen LogP contribution is 2.44. The van der Waals surface area contributed by atoms with Crippen molar-refractivity contribution < 1.29 is 34.0 Å². The number of rotatable bonds is 13. The Morgan fingerprint density at radius 3 is 2.36 bits per heavy atom. The highest BCUT2D eigenvalue weighted by molar-refractivity contribution is 7.72. The number of aliphatic hydroxyl groups excluding tert-OH is 2. The van der Waals surface area contributed by atoms with Gasteiger partial charge in [0.05, 0.1) is 17.4 Å². The van der Waals surface area contributed by atoms with Crippen LogP contribution in [-0.2, 0) is 19.0 Å². The fourth-order valence-corrected chi connectivity index (χ4v) is 7.22. The van der Waals surface area contributed by atoms with Gasteiger partial charge in [0.25, 0.3) is 0 Å². The van der Waals surface area contributed by atoms with Gasteiger partial charge < -0.3 is 39.7 Å². The van der Waals surface area contributed by atoms with E-state index in [0.29, 0.717) is 43.4 Å². The zero-order valence-electron chi connectivity index (χ0n) is 27.3. The second-order valence-corrected chi connectivity index (χ2v) is 17.6. The van der Waals surface area contributed by atoms with Gasteiger partial charge in [-0.3, -0.25) is 4.79 Å². The van der Waals surface area contributed by atoms with Crippen LogP contribution in [0.1, 0.15) is 55.9 Å². The van der Waals surface area contributed by atoms with E-state index in [2.05, 4.69) is 37.1 Å². The van der Waals surface area contributed by atoms with Crippen LogP contribution in [0.4, 0.5) is 10.6 Å². The number of benzene rings is 2. The Hall–Kier alpha value is -3.69. The maximum atomic E-state index is 12.6. The molecule has 4 N–H and O–H groups in total. The highest BCUT2D eigenvalue weighted by Gasteiger charge is 2.43. The normalized spacial score (nSPS) is 21.1. The molecular weight excluding hydrogens is 617 g/mol. The molecule has 11 heteroatoms. The van der Waals surface area contributed by atoms with Crippen molar-refractivity contribution >= 4 is 31.1 Å². The number of pyridine rings is 1. The maximum absolute atomic E-state index is 12.6. The number of hydrogen-bond acceptors (Lipinski definition) is 9. The summed E-state index contributed by atoms with van der Waals surface area (Å²) in [6.45, 7) is 5.28. The van der Waals surface area contributed by atoms with Crippen LogP contribution < -0.4 is 10.7 Å². The number of unbranched alkanes of at least 4 members (excludes halogenated alkanes) is 1. The molecule has 1 saturated heterocycles. The van der Waals surface area contributed by atoms with Gasteiger partial charge in [0.1, 0.15) is 24.6 Å². The standard InChI is InChI=1S/C36H46N3O7P/c1-23(35(42)46-36(43)44-22-29-27-14-7-5-12-25(27)26-13-6-8-15-28(26)29)11-9-10-18-38-31-21-24(37)16-19-39(31)34-33(41)32(40)30(45-34)17-20-47(2,3)4/h5-8,12-16,19,21,23,29-30,32-34,37-38,40-41H,2,9-11,17-18,20,22H2,1,3-4H3/t23?,30-,32-,33-,34-/m1/s1. The van der Waals surface area contributed by atoms with Crippen LogP contribution in [0.25, 0.3) is 11.1 Å². The minimum absolute atomic E-state index is 0.0812. The molecule has 2 heterocycles. The van der Waals surface area contributed by atoms with E-state index in [-0.39, 0.29) is 12.5 Å². The van der Waals surface area contributed by atoms with Gasteiger partial charge in [-0.15, -0.1) is 13.2 Å². The first-order valence-corrected chi connectivity index (χ1v) is 19.2. The lowest BCUT2D eigenvalue weighted by Crippen LogP contribution is -2.32. The quantitative estimate of drug-likeness (QED) is 0.0825. The van der Waals surface area contributed by atoms with Crippen molar-refractivity contribution in [2.24, 2.45) is 5.92 Å². The van der Waals surface area contributed by atoms with E-state index >= 15 is 0 Å². The van der Waals surface area contributed by atoms with Crippen molar-refractivity contribution in [1.82, 2.24) is 4.57 Å². The summed E-state index contributed by atoms with van der Waals surface area (Å²) < 4.78 is 18.3. The van der Waals surface area contributed by atoms with E-state index in [1.807, 2.05) is 36.4 Å². The summed E-state index contributed by atoms with van der Waals surface area (Å²) in [6.07, 6.45) is 4.83. The smallest absolute Gasteiger partial charge is 0.433 e. The van der Waals surface area contributed by atoms with Crippen LogP contribution >= 0.6 is 6.89 Å². The Labute approximate surface area is 276 Å². The van der Waals surface area contributed by atoms with E-state index in [1.54, 1.807) is 29.8 Å². The van der Waals surface area contributed by atoms with E-state index in [9.17, 15) is 19.8 Å². The minimum atomic E-state index is -1.31. The van der Waals surface area contributed by atoms with Crippen LogP contribution in [0.2, 0.25) is 0 Å². The summed E-state index contributed by atoms with van der Waals surface area (Å²) in [4.78, 5) is 25.1. The SMILES string of the molecule is C=P(C)(C)CC[C@H]1O[C@@H](n2ccc(=N)cc2NCCCCC(C)C(=O)OC(=O)OCC2c3ccccc3-c3ccccc32)[C@H](O)[C@@H]1O. The van der Waals surface area contributed by atoms with Gasteiger partial charge in [0.15, 0.2) is 6.23 Å². The van der Waals surface area contributed by atoms with Crippen molar-refractivity contribution in [1.29, 1.82) is 5.41 Å². The fraction of sp³-hybridized carbons (Fsp3) is 0.444. The zero-order chi connectivity index (χ0) is 33.7. The molecule has 1 aliphatic heterocycles. The van der Waals surface area contributed by atoms with Gasteiger partial charge in [-0.25, -0.2) is 4.79 Å². The van der Waals surface area contributed by atoms with Crippen molar-refractivity contribution in [3.05, 3.63) is 83.3 Å². The molecule has 1 aliphatic carbocycles. The molecule has 0 saturated carbocycles. The number of nitrogens with zero attached hydrogens (tertiary/aromatic N) is 1. The lowest BCUT2D eigenvalue weighted by atomic mass is 9.98. The summed E-state index contributed by atoms with van der Waals surface area (Å²) in [6, 6.07) is 19.3. The Balaban J connectivity index is 1.06. The summed E-state index contributed by atoms with van der Waals surface area (Å²) >= 11 is 0. The van der Waals surface area contributed by atoms with Gasteiger partial charge in [0.2, 0.25) is 0 Å². The van der Waals surface area contributed by atoms with E-state index < -0.39 is 49.5 Å². The molecule has 1 unspecified atom stereocenters. The van der Waals surface area contributed by atoms with E-state index in [0.717, 1.165) is 28.4 Å². The van der Waals surface area contributed by atoms with Crippen LogP contribution in [0.15, 0.2) is 66.9 Å². The zero-order valence-corrected chi connectivity index (χ0v) is 28.2. The maximum Gasteiger partial charge on any atom is 0.516 e. The van der Waals surface area contributed by atoms with Gasteiger partial charge in [-0.2, -0.15) is 0 Å². The second kappa shape index (κ2) is 15.0. The Kier molecular flexibility index (Phi) is 11.1. The number of carbonyl (C=O) groups excluding carboxylic acids is 2. The summed E-state index contributed by atoms with van der Waals surface area (Å²) in [5.74, 6) is -0.656. The molecule has 2 aliphatic rings. The number of anilines is 1. The van der Waals surface area contributed by atoms with Gasteiger partial charge in [-0.05, 0) is 67.1 Å². The average molecular weight is 664 g/mol. The number of esters is 1.